The lowest BCUT2D eigenvalue weighted by Crippen LogP contribution is -2.27. The molecule has 0 saturated heterocycles. The van der Waals surface area contributed by atoms with Crippen molar-refractivity contribution in [1.82, 2.24) is 0 Å². The molecule has 2 aromatic rings. The van der Waals surface area contributed by atoms with Crippen LogP contribution in [-0.2, 0) is 16.1 Å². The first-order valence-electron chi connectivity index (χ1n) is 10.9. The molecule has 1 heterocycles. The number of aryl methyl sites for hydroxylation is 1. The summed E-state index contributed by atoms with van der Waals surface area (Å²) in [6, 6.07) is 14.0. The van der Waals surface area contributed by atoms with E-state index in [-0.39, 0.29) is 17.2 Å². The van der Waals surface area contributed by atoms with Gasteiger partial charge in [0, 0.05) is 18.4 Å². The topological polar surface area (TPSA) is 94.6 Å². The Balaban J connectivity index is 1.75. The fourth-order valence-corrected chi connectivity index (χ4v) is 4.76. The number of carbonyl (C=O) groups is 1. The monoisotopic (exact) mass is 508 g/mol. The highest BCUT2D eigenvalue weighted by molar-refractivity contribution is 9.10. The standard InChI is InChI=1S/C26H25BrN2O4/c1-3-31-22-12-17(11-19(27)25(22)32-14-16-9-7-15(2)8-10-16)23-18(13-28)26(29)33-21-6-4-5-20(30)24(21)23/h7-12,23H,3-6,14,29H2,1-2H3/t23-/m1/s1. The first-order chi connectivity index (χ1) is 15.9. The third kappa shape index (κ3) is 4.62. The summed E-state index contributed by atoms with van der Waals surface area (Å²) < 4.78 is 18.4. The SMILES string of the molecule is CCOc1cc([C@@H]2C(C#N)=C(N)OC3=C2C(=O)CCC3)cc(Br)c1OCc1ccc(C)cc1. The molecule has 0 bridgehead atoms. The van der Waals surface area contributed by atoms with Gasteiger partial charge in [0.05, 0.1) is 17.0 Å². The Labute approximate surface area is 201 Å². The molecule has 0 spiro atoms. The van der Waals surface area contributed by atoms with Gasteiger partial charge in [0.1, 0.15) is 24.0 Å². The Kier molecular flexibility index (Phi) is 6.75. The molecule has 4 rings (SSSR count). The second-order valence-corrected chi connectivity index (χ2v) is 8.93. The number of rotatable bonds is 6. The molecule has 0 saturated carbocycles. The molecule has 6 nitrogen and oxygen atoms in total. The number of nitrogens with two attached hydrogens (primary N) is 1. The van der Waals surface area contributed by atoms with E-state index in [0.717, 1.165) is 11.1 Å². The third-order valence-electron chi connectivity index (χ3n) is 5.77. The van der Waals surface area contributed by atoms with E-state index in [1.807, 2.05) is 50.2 Å². The number of ketones is 1. The van der Waals surface area contributed by atoms with E-state index in [1.54, 1.807) is 0 Å². The molecule has 0 fully saturated rings. The number of benzene rings is 2. The number of halogens is 1. The summed E-state index contributed by atoms with van der Waals surface area (Å²) in [7, 11) is 0. The minimum Gasteiger partial charge on any atom is -0.490 e. The predicted octanol–water partition coefficient (Wildman–Crippen LogP) is 5.55. The van der Waals surface area contributed by atoms with Gasteiger partial charge in [-0.15, -0.1) is 0 Å². The molecular formula is C26H25BrN2O4. The molecule has 0 radical (unpaired) electrons. The van der Waals surface area contributed by atoms with E-state index in [9.17, 15) is 10.1 Å². The van der Waals surface area contributed by atoms with Crippen molar-refractivity contribution in [3.8, 4) is 17.6 Å². The van der Waals surface area contributed by atoms with Crippen LogP contribution in [-0.4, -0.2) is 12.4 Å². The number of hydrogen-bond donors (Lipinski definition) is 1. The van der Waals surface area contributed by atoms with Gasteiger partial charge in [-0.1, -0.05) is 29.8 Å². The predicted molar refractivity (Wildman–Crippen MR) is 127 cm³/mol. The number of nitriles is 1. The lowest BCUT2D eigenvalue weighted by atomic mass is 9.77. The van der Waals surface area contributed by atoms with Crippen molar-refractivity contribution in [1.29, 1.82) is 5.26 Å². The van der Waals surface area contributed by atoms with Crippen molar-refractivity contribution < 1.29 is 19.0 Å². The first-order valence-corrected chi connectivity index (χ1v) is 11.7. The average molecular weight is 509 g/mol. The maximum atomic E-state index is 12.8. The van der Waals surface area contributed by atoms with Gasteiger partial charge in [-0.3, -0.25) is 4.79 Å². The van der Waals surface area contributed by atoms with E-state index < -0.39 is 5.92 Å². The van der Waals surface area contributed by atoms with Gasteiger partial charge in [-0.25, -0.2) is 0 Å². The van der Waals surface area contributed by atoms with Gasteiger partial charge in [-0.05, 0) is 59.5 Å². The summed E-state index contributed by atoms with van der Waals surface area (Å²) in [5, 5.41) is 9.83. The molecule has 2 aromatic carbocycles. The maximum Gasteiger partial charge on any atom is 0.205 e. The lowest BCUT2D eigenvalue weighted by Gasteiger charge is -2.31. The van der Waals surface area contributed by atoms with Gasteiger partial charge in [0.2, 0.25) is 5.88 Å². The van der Waals surface area contributed by atoms with Crippen LogP contribution in [0.3, 0.4) is 0 Å². The molecule has 0 unspecified atom stereocenters. The van der Waals surface area contributed by atoms with Gasteiger partial charge >= 0.3 is 0 Å². The molecule has 2 N–H and O–H groups in total. The number of allylic oxidation sites excluding steroid dienone is 3. The van der Waals surface area contributed by atoms with Gasteiger partial charge < -0.3 is 19.9 Å². The van der Waals surface area contributed by atoms with Crippen LogP contribution in [0.25, 0.3) is 0 Å². The number of carbonyl (C=O) groups excluding carboxylic acids is 1. The Hall–Kier alpha value is -3.24. The molecule has 2 aliphatic rings. The quantitative estimate of drug-likeness (QED) is 0.549. The zero-order valence-corrected chi connectivity index (χ0v) is 20.2. The minimum absolute atomic E-state index is 0.0183. The summed E-state index contributed by atoms with van der Waals surface area (Å²) in [6.45, 7) is 4.74. The molecule has 1 aliphatic heterocycles. The Morgan fingerprint density at radius 1 is 1.21 bits per heavy atom. The maximum absolute atomic E-state index is 12.8. The van der Waals surface area contributed by atoms with Crippen molar-refractivity contribution in [3.63, 3.8) is 0 Å². The zero-order chi connectivity index (χ0) is 23.5. The van der Waals surface area contributed by atoms with Crippen molar-refractivity contribution in [2.24, 2.45) is 5.73 Å². The summed E-state index contributed by atoms with van der Waals surface area (Å²) in [5.74, 6) is 1.07. The summed E-state index contributed by atoms with van der Waals surface area (Å²) in [5.41, 5.74) is 9.76. The fraction of sp³-hybridized carbons (Fsp3) is 0.308. The molecule has 1 aliphatic carbocycles. The Morgan fingerprint density at radius 3 is 2.67 bits per heavy atom. The molecule has 7 heteroatoms. The number of hydrogen-bond acceptors (Lipinski definition) is 6. The first kappa shape index (κ1) is 22.9. The van der Waals surface area contributed by atoms with Crippen LogP contribution >= 0.6 is 15.9 Å². The molecule has 0 amide bonds. The summed E-state index contributed by atoms with van der Waals surface area (Å²) in [4.78, 5) is 12.8. The smallest absolute Gasteiger partial charge is 0.205 e. The minimum atomic E-state index is -0.604. The average Bonchev–Trinajstić information content (AvgIpc) is 2.79. The molecule has 1 atom stereocenters. The Bertz CT molecular complexity index is 1190. The normalized spacial score (nSPS) is 17.9. The molecule has 33 heavy (non-hydrogen) atoms. The van der Waals surface area contributed by atoms with Gasteiger partial charge in [0.25, 0.3) is 0 Å². The lowest BCUT2D eigenvalue weighted by molar-refractivity contribution is -0.116. The van der Waals surface area contributed by atoms with E-state index in [4.69, 9.17) is 19.9 Å². The molecule has 0 aromatic heterocycles. The van der Waals surface area contributed by atoms with E-state index in [0.29, 0.717) is 59.8 Å². The summed E-state index contributed by atoms with van der Waals surface area (Å²) in [6.07, 6.45) is 1.75. The van der Waals surface area contributed by atoms with Crippen molar-refractivity contribution >= 4 is 21.7 Å². The van der Waals surface area contributed by atoms with Crippen molar-refractivity contribution in [3.05, 3.63) is 80.3 Å². The Morgan fingerprint density at radius 2 is 1.97 bits per heavy atom. The van der Waals surface area contributed by atoms with Gasteiger partial charge in [0.15, 0.2) is 17.3 Å². The third-order valence-corrected chi connectivity index (χ3v) is 6.36. The van der Waals surface area contributed by atoms with Crippen LogP contribution in [0, 0.1) is 18.3 Å². The highest BCUT2D eigenvalue weighted by Gasteiger charge is 2.38. The van der Waals surface area contributed by atoms with E-state index in [1.165, 1.54) is 5.56 Å². The van der Waals surface area contributed by atoms with Gasteiger partial charge in [-0.2, -0.15) is 5.26 Å². The van der Waals surface area contributed by atoms with Crippen LogP contribution in [0.5, 0.6) is 11.5 Å². The zero-order valence-electron chi connectivity index (χ0n) is 18.6. The number of Topliss-reactive ketones (excluding diaryl/α,β-unsaturated/α-hetero) is 1. The fourth-order valence-electron chi connectivity index (χ4n) is 4.19. The second kappa shape index (κ2) is 9.72. The van der Waals surface area contributed by atoms with Crippen LogP contribution in [0.2, 0.25) is 0 Å². The molecule has 170 valence electrons. The van der Waals surface area contributed by atoms with Crippen molar-refractivity contribution in [2.75, 3.05) is 6.61 Å². The van der Waals surface area contributed by atoms with Crippen LogP contribution in [0.4, 0.5) is 0 Å². The summed E-state index contributed by atoms with van der Waals surface area (Å²) >= 11 is 3.61. The van der Waals surface area contributed by atoms with Crippen molar-refractivity contribution in [2.45, 2.75) is 45.6 Å². The van der Waals surface area contributed by atoms with E-state index in [2.05, 4.69) is 22.0 Å². The van der Waals surface area contributed by atoms with Crippen LogP contribution in [0.15, 0.2) is 63.7 Å². The van der Waals surface area contributed by atoms with Crippen LogP contribution < -0.4 is 15.2 Å². The largest absolute Gasteiger partial charge is 0.490 e. The highest BCUT2D eigenvalue weighted by atomic mass is 79.9. The number of ether oxygens (including phenoxy) is 3. The highest BCUT2D eigenvalue weighted by Crippen LogP contribution is 2.47. The molecular weight excluding hydrogens is 484 g/mol. The number of nitrogens with zero attached hydrogens (tertiary/aromatic N) is 1. The van der Waals surface area contributed by atoms with E-state index >= 15 is 0 Å². The second-order valence-electron chi connectivity index (χ2n) is 8.08. The van der Waals surface area contributed by atoms with Crippen LogP contribution in [0.1, 0.15) is 48.8 Å².